The summed E-state index contributed by atoms with van der Waals surface area (Å²) in [7, 11) is 0. The smallest absolute Gasteiger partial charge is 0.166 e. The SMILES string of the molecule is CC.Cc1cc2ncc3cc(-c4ccccc4)c(Cl)nc3n2n1. The molecule has 0 unspecified atom stereocenters. The van der Waals surface area contributed by atoms with Crippen molar-refractivity contribution in [1.29, 1.82) is 0 Å². The van der Waals surface area contributed by atoms with Gasteiger partial charge >= 0.3 is 0 Å². The molecule has 0 amide bonds. The summed E-state index contributed by atoms with van der Waals surface area (Å²) in [6.07, 6.45) is 1.81. The Balaban J connectivity index is 0.000000753. The lowest BCUT2D eigenvalue weighted by Crippen LogP contribution is -1.97. The van der Waals surface area contributed by atoms with E-state index in [-0.39, 0.29) is 0 Å². The number of halogens is 1. The van der Waals surface area contributed by atoms with Crippen LogP contribution in [0.5, 0.6) is 0 Å². The molecule has 0 aliphatic rings. The monoisotopic (exact) mass is 324 g/mol. The van der Waals surface area contributed by atoms with Crippen molar-refractivity contribution in [3.8, 4) is 11.1 Å². The van der Waals surface area contributed by atoms with E-state index in [0.717, 1.165) is 33.5 Å². The zero-order chi connectivity index (χ0) is 16.4. The van der Waals surface area contributed by atoms with Gasteiger partial charge in [0.25, 0.3) is 0 Å². The summed E-state index contributed by atoms with van der Waals surface area (Å²) in [5.41, 5.74) is 4.33. The van der Waals surface area contributed by atoms with Crippen LogP contribution in [0.25, 0.3) is 27.8 Å². The van der Waals surface area contributed by atoms with Gasteiger partial charge in [0.2, 0.25) is 0 Å². The summed E-state index contributed by atoms with van der Waals surface area (Å²) >= 11 is 6.37. The molecule has 0 saturated carbocycles. The standard InChI is InChI=1S/C16H11ClN4.C2H6/c1-10-7-14-18-9-12-8-13(11-5-3-2-4-6-11)15(17)19-16(12)21(14)20-10;1-2/h2-9H,1H3;1-2H3. The normalized spacial score (nSPS) is 10.6. The zero-order valence-corrected chi connectivity index (χ0v) is 14.0. The van der Waals surface area contributed by atoms with Crippen LogP contribution in [0.2, 0.25) is 5.15 Å². The fraction of sp³-hybridized carbons (Fsp3) is 0.167. The summed E-state index contributed by atoms with van der Waals surface area (Å²) in [6.45, 7) is 5.93. The second kappa shape index (κ2) is 6.34. The van der Waals surface area contributed by atoms with Crippen LogP contribution in [0.15, 0.2) is 48.7 Å². The third-order valence-corrected chi connectivity index (χ3v) is 3.71. The van der Waals surface area contributed by atoms with Crippen LogP contribution in [0.3, 0.4) is 0 Å². The highest BCUT2D eigenvalue weighted by atomic mass is 35.5. The number of aromatic nitrogens is 4. The second-order valence-corrected chi connectivity index (χ2v) is 5.28. The Kier molecular flexibility index (Phi) is 4.26. The molecule has 0 radical (unpaired) electrons. The third kappa shape index (κ3) is 2.78. The first-order valence-corrected chi connectivity index (χ1v) is 7.97. The Labute approximate surface area is 139 Å². The Bertz CT molecular complexity index is 961. The summed E-state index contributed by atoms with van der Waals surface area (Å²) in [6, 6.07) is 13.9. The number of aryl methyl sites for hydroxylation is 1. The van der Waals surface area contributed by atoms with E-state index in [9.17, 15) is 0 Å². The summed E-state index contributed by atoms with van der Waals surface area (Å²) in [4.78, 5) is 8.93. The molecule has 3 heterocycles. The maximum atomic E-state index is 6.37. The number of hydrogen-bond donors (Lipinski definition) is 0. The fourth-order valence-electron chi connectivity index (χ4n) is 2.45. The maximum absolute atomic E-state index is 6.37. The fourth-order valence-corrected chi connectivity index (χ4v) is 2.70. The molecule has 116 valence electrons. The van der Waals surface area contributed by atoms with Gasteiger partial charge in [-0.25, -0.2) is 9.97 Å². The predicted octanol–water partition coefficient (Wildman–Crippen LogP) is 4.93. The Hall–Kier alpha value is -2.46. The number of nitrogens with zero attached hydrogens (tertiary/aromatic N) is 4. The molecule has 0 N–H and O–H groups in total. The van der Waals surface area contributed by atoms with Crippen LogP contribution in [0, 0.1) is 6.92 Å². The van der Waals surface area contributed by atoms with Crippen molar-refractivity contribution in [3.05, 3.63) is 59.5 Å². The molecule has 5 heteroatoms. The van der Waals surface area contributed by atoms with E-state index in [0.29, 0.717) is 5.15 Å². The van der Waals surface area contributed by atoms with Gasteiger partial charge in [-0.3, -0.25) is 0 Å². The van der Waals surface area contributed by atoms with Gasteiger partial charge in [0, 0.05) is 23.2 Å². The molecule has 0 fully saturated rings. The van der Waals surface area contributed by atoms with E-state index in [1.807, 2.05) is 69.4 Å². The van der Waals surface area contributed by atoms with Gasteiger partial charge in [-0.2, -0.15) is 9.61 Å². The van der Waals surface area contributed by atoms with Gasteiger partial charge < -0.3 is 0 Å². The van der Waals surface area contributed by atoms with Crippen LogP contribution < -0.4 is 0 Å². The van der Waals surface area contributed by atoms with E-state index >= 15 is 0 Å². The molecular weight excluding hydrogens is 308 g/mol. The molecule has 0 aliphatic heterocycles. The summed E-state index contributed by atoms with van der Waals surface area (Å²) < 4.78 is 1.73. The van der Waals surface area contributed by atoms with Gasteiger partial charge in [0.05, 0.1) is 5.69 Å². The van der Waals surface area contributed by atoms with Crippen LogP contribution >= 0.6 is 11.6 Å². The van der Waals surface area contributed by atoms with Crippen LogP contribution in [-0.4, -0.2) is 19.6 Å². The number of hydrogen-bond acceptors (Lipinski definition) is 3. The van der Waals surface area contributed by atoms with Gasteiger partial charge in [-0.1, -0.05) is 55.8 Å². The van der Waals surface area contributed by atoms with E-state index in [4.69, 9.17) is 11.6 Å². The average Bonchev–Trinajstić information content (AvgIpc) is 2.98. The largest absolute Gasteiger partial charge is 0.236 e. The van der Waals surface area contributed by atoms with Gasteiger partial charge in [-0.05, 0) is 18.6 Å². The third-order valence-electron chi connectivity index (χ3n) is 3.42. The van der Waals surface area contributed by atoms with Crippen molar-refractivity contribution in [3.63, 3.8) is 0 Å². The molecule has 0 spiro atoms. The minimum absolute atomic E-state index is 0.467. The zero-order valence-electron chi connectivity index (χ0n) is 13.3. The molecule has 23 heavy (non-hydrogen) atoms. The van der Waals surface area contributed by atoms with Crippen molar-refractivity contribution in [2.24, 2.45) is 0 Å². The maximum Gasteiger partial charge on any atom is 0.166 e. The molecule has 4 nitrogen and oxygen atoms in total. The number of rotatable bonds is 1. The minimum atomic E-state index is 0.467. The van der Waals surface area contributed by atoms with Crippen LogP contribution in [0.4, 0.5) is 0 Å². The Morgan fingerprint density at radius 1 is 1.04 bits per heavy atom. The van der Waals surface area contributed by atoms with Gasteiger partial charge in [-0.15, -0.1) is 0 Å². The predicted molar refractivity (Wildman–Crippen MR) is 94.8 cm³/mol. The van der Waals surface area contributed by atoms with Crippen molar-refractivity contribution in [2.45, 2.75) is 20.8 Å². The molecule has 0 bridgehead atoms. The quantitative estimate of drug-likeness (QED) is 0.466. The lowest BCUT2D eigenvalue weighted by molar-refractivity contribution is 0.939. The van der Waals surface area contributed by atoms with Crippen LogP contribution in [-0.2, 0) is 0 Å². The van der Waals surface area contributed by atoms with Crippen molar-refractivity contribution >= 4 is 28.3 Å². The van der Waals surface area contributed by atoms with E-state index < -0.39 is 0 Å². The lowest BCUT2D eigenvalue weighted by Gasteiger charge is -2.07. The van der Waals surface area contributed by atoms with Crippen LogP contribution in [0.1, 0.15) is 19.5 Å². The molecule has 1 aromatic carbocycles. The van der Waals surface area contributed by atoms with Crippen molar-refractivity contribution in [2.75, 3.05) is 0 Å². The highest BCUT2D eigenvalue weighted by Crippen LogP contribution is 2.29. The molecule has 0 saturated heterocycles. The Morgan fingerprint density at radius 2 is 1.78 bits per heavy atom. The minimum Gasteiger partial charge on any atom is -0.236 e. The van der Waals surface area contributed by atoms with Gasteiger partial charge in [0.15, 0.2) is 11.3 Å². The molecule has 4 rings (SSSR count). The number of fused-ring (bicyclic) bond motifs is 3. The summed E-state index contributed by atoms with van der Waals surface area (Å²) in [5, 5.41) is 5.80. The van der Waals surface area contributed by atoms with E-state index in [1.165, 1.54) is 0 Å². The second-order valence-electron chi connectivity index (χ2n) is 4.92. The first-order chi connectivity index (χ1) is 11.2. The highest BCUT2D eigenvalue weighted by Gasteiger charge is 2.11. The van der Waals surface area contributed by atoms with Crippen molar-refractivity contribution < 1.29 is 0 Å². The first-order valence-electron chi connectivity index (χ1n) is 7.59. The molecular formula is C18H17ClN4. The highest BCUT2D eigenvalue weighted by molar-refractivity contribution is 6.32. The van der Waals surface area contributed by atoms with Gasteiger partial charge in [0.1, 0.15) is 5.15 Å². The Morgan fingerprint density at radius 3 is 2.52 bits per heavy atom. The molecule has 3 aromatic heterocycles. The number of pyridine rings is 1. The van der Waals surface area contributed by atoms with E-state index in [1.54, 1.807) is 4.52 Å². The number of benzene rings is 1. The average molecular weight is 325 g/mol. The first kappa shape index (κ1) is 15.4. The van der Waals surface area contributed by atoms with E-state index in [2.05, 4.69) is 15.1 Å². The molecule has 0 atom stereocenters. The summed E-state index contributed by atoms with van der Waals surface area (Å²) in [5.74, 6) is 0. The topological polar surface area (TPSA) is 43.1 Å². The lowest BCUT2D eigenvalue weighted by atomic mass is 10.1. The molecule has 4 aromatic rings. The molecule has 0 aliphatic carbocycles. The van der Waals surface area contributed by atoms with Crippen molar-refractivity contribution in [1.82, 2.24) is 19.6 Å².